The maximum atomic E-state index is 12.0. The minimum atomic E-state index is -0.106. The Hall–Kier alpha value is -1.87. The van der Waals surface area contributed by atoms with Gasteiger partial charge >= 0.3 is 0 Å². The molecule has 1 amide bonds. The van der Waals surface area contributed by atoms with Gasteiger partial charge in [0.15, 0.2) is 0 Å². The number of rotatable bonds is 6. The molecule has 0 aliphatic rings. The van der Waals surface area contributed by atoms with Crippen LogP contribution in [0.25, 0.3) is 0 Å². The second-order valence-electron chi connectivity index (χ2n) is 5.90. The Balaban J connectivity index is 1.53. The van der Waals surface area contributed by atoms with Gasteiger partial charge in [-0.25, -0.2) is 0 Å². The van der Waals surface area contributed by atoms with E-state index in [2.05, 4.69) is 70.2 Å². The highest BCUT2D eigenvalue weighted by Gasteiger charge is 2.11. The standard InChI is InChI=1S/C19H18IN3O2S/c1-12-6-7-14(8-13(12)2)9-18-22-23-19(25-18)26-11-17(24)21-16-5-3-4-15(20)10-16/h3-8,10H,9,11H2,1-2H3,(H,21,24). The van der Waals surface area contributed by atoms with Crippen LogP contribution in [0.1, 0.15) is 22.6 Å². The topological polar surface area (TPSA) is 68.0 Å². The van der Waals surface area contributed by atoms with Crippen molar-refractivity contribution >= 4 is 45.9 Å². The summed E-state index contributed by atoms with van der Waals surface area (Å²) in [4.78, 5) is 12.0. The van der Waals surface area contributed by atoms with E-state index < -0.39 is 0 Å². The van der Waals surface area contributed by atoms with Gasteiger partial charge in [-0.2, -0.15) is 0 Å². The molecule has 7 heteroatoms. The number of halogens is 1. The zero-order valence-corrected chi connectivity index (χ0v) is 17.4. The summed E-state index contributed by atoms with van der Waals surface area (Å²) < 4.78 is 6.71. The van der Waals surface area contributed by atoms with Crippen molar-refractivity contribution < 1.29 is 9.21 Å². The van der Waals surface area contributed by atoms with Crippen molar-refractivity contribution in [1.29, 1.82) is 0 Å². The van der Waals surface area contributed by atoms with Gasteiger partial charge in [-0.1, -0.05) is 36.0 Å². The number of carbonyl (C=O) groups is 1. The molecule has 3 rings (SSSR count). The second kappa shape index (κ2) is 8.68. The quantitative estimate of drug-likeness (QED) is 0.413. The summed E-state index contributed by atoms with van der Waals surface area (Å²) in [6.07, 6.45) is 0.587. The Morgan fingerprint density at radius 1 is 1.15 bits per heavy atom. The second-order valence-corrected chi connectivity index (χ2v) is 8.08. The van der Waals surface area contributed by atoms with E-state index in [0.717, 1.165) is 14.8 Å². The van der Waals surface area contributed by atoms with E-state index in [9.17, 15) is 4.79 Å². The van der Waals surface area contributed by atoms with Gasteiger partial charge in [0.05, 0.1) is 12.2 Å². The summed E-state index contributed by atoms with van der Waals surface area (Å²) in [5, 5.41) is 11.3. The fourth-order valence-corrected chi connectivity index (χ4v) is 3.47. The molecule has 26 heavy (non-hydrogen) atoms. The highest BCUT2D eigenvalue weighted by atomic mass is 127. The normalized spacial score (nSPS) is 10.7. The summed E-state index contributed by atoms with van der Waals surface area (Å²) in [6, 6.07) is 13.9. The van der Waals surface area contributed by atoms with E-state index in [1.165, 1.54) is 22.9 Å². The highest BCUT2D eigenvalue weighted by molar-refractivity contribution is 14.1. The smallest absolute Gasteiger partial charge is 0.277 e. The molecular formula is C19H18IN3O2S. The highest BCUT2D eigenvalue weighted by Crippen LogP contribution is 2.20. The van der Waals surface area contributed by atoms with Crippen LogP contribution in [0, 0.1) is 17.4 Å². The Kier molecular flexibility index (Phi) is 6.31. The molecule has 0 aliphatic heterocycles. The monoisotopic (exact) mass is 479 g/mol. The van der Waals surface area contributed by atoms with Crippen molar-refractivity contribution in [3.05, 3.63) is 68.6 Å². The van der Waals surface area contributed by atoms with E-state index in [1.807, 2.05) is 24.3 Å². The number of amides is 1. The number of nitrogens with one attached hydrogen (secondary N) is 1. The number of nitrogens with zero attached hydrogens (tertiary/aromatic N) is 2. The van der Waals surface area contributed by atoms with Gasteiger partial charge in [0, 0.05) is 9.26 Å². The summed E-state index contributed by atoms with van der Waals surface area (Å²) in [6.45, 7) is 4.17. The summed E-state index contributed by atoms with van der Waals surface area (Å²) >= 11 is 3.44. The lowest BCUT2D eigenvalue weighted by atomic mass is 10.0. The predicted molar refractivity (Wildman–Crippen MR) is 112 cm³/mol. The zero-order chi connectivity index (χ0) is 18.5. The maximum Gasteiger partial charge on any atom is 0.277 e. The third kappa shape index (κ3) is 5.31. The molecule has 3 aromatic rings. The van der Waals surface area contributed by atoms with E-state index in [-0.39, 0.29) is 11.7 Å². The van der Waals surface area contributed by atoms with Crippen LogP contribution in [0.5, 0.6) is 0 Å². The molecule has 0 bridgehead atoms. The molecular weight excluding hydrogens is 461 g/mol. The molecule has 0 fully saturated rings. The van der Waals surface area contributed by atoms with Crippen LogP contribution >= 0.6 is 34.4 Å². The molecule has 0 atom stereocenters. The summed E-state index contributed by atoms with van der Waals surface area (Å²) in [5.41, 5.74) is 4.41. The molecule has 2 aromatic carbocycles. The largest absolute Gasteiger partial charge is 0.416 e. The number of hydrogen-bond acceptors (Lipinski definition) is 5. The Bertz CT molecular complexity index is 927. The lowest BCUT2D eigenvalue weighted by Gasteiger charge is -2.04. The first-order chi connectivity index (χ1) is 12.5. The summed E-state index contributed by atoms with van der Waals surface area (Å²) in [7, 11) is 0. The maximum absolute atomic E-state index is 12.0. The number of thioether (sulfide) groups is 1. The van der Waals surface area contributed by atoms with Gasteiger partial charge in [-0.05, 0) is 71.3 Å². The van der Waals surface area contributed by atoms with Crippen LogP contribution in [-0.2, 0) is 11.2 Å². The number of hydrogen-bond donors (Lipinski definition) is 1. The Morgan fingerprint density at radius 2 is 2.00 bits per heavy atom. The predicted octanol–water partition coefficient (Wildman–Crippen LogP) is 4.61. The average molecular weight is 479 g/mol. The van der Waals surface area contributed by atoms with Gasteiger partial charge in [0.2, 0.25) is 11.8 Å². The van der Waals surface area contributed by atoms with Crippen LogP contribution in [-0.4, -0.2) is 21.9 Å². The Labute approximate surface area is 170 Å². The molecule has 0 spiro atoms. The van der Waals surface area contributed by atoms with Crippen LogP contribution in [0.2, 0.25) is 0 Å². The van der Waals surface area contributed by atoms with Crippen molar-refractivity contribution in [2.75, 3.05) is 11.1 Å². The number of aryl methyl sites for hydroxylation is 2. The van der Waals surface area contributed by atoms with Crippen LogP contribution < -0.4 is 5.32 Å². The fraction of sp³-hybridized carbons (Fsp3) is 0.211. The molecule has 0 radical (unpaired) electrons. The van der Waals surface area contributed by atoms with Gasteiger partial charge in [0.25, 0.3) is 5.22 Å². The van der Waals surface area contributed by atoms with Gasteiger partial charge < -0.3 is 9.73 Å². The molecule has 1 N–H and O–H groups in total. The fourth-order valence-electron chi connectivity index (χ4n) is 2.35. The van der Waals surface area contributed by atoms with Gasteiger partial charge in [-0.3, -0.25) is 4.79 Å². The number of benzene rings is 2. The van der Waals surface area contributed by atoms with Crippen molar-refractivity contribution in [3.63, 3.8) is 0 Å². The lowest BCUT2D eigenvalue weighted by Crippen LogP contribution is -2.14. The minimum Gasteiger partial charge on any atom is -0.416 e. The van der Waals surface area contributed by atoms with Crippen molar-refractivity contribution in [3.8, 4) is 0 Å². The first-order valence-corrected chi connectivity index (χ1v) is 10.1. The number of anilines is 1. The van der Waals surface area contributed by atoms with Crippen LogP contribution in [0.4, 0.5) is 5.69 Å². The molecule has 0 aliphatic carbocycles. The van der Waals surface area contributed by atoms with Crippen LogP contribution in [0.15, 0.2) is 52.1 Å². The third-order valence-corrected chi connectivity index (χ3v) is 5.30. The van der Waals surface area contributed by atoms with Gasteiger partial charge in [0.1, 0.15) is 0 Å². The van der Waals surface area contributed by atoms with Crippen molar-refractivity contribution in [2.24, 2.45) is 0 Å². The molecule has 1 aromatic heterocycles. The molecule has 0 saturated carbocycles. The minimum absolute atomic E-state index is 0.106. The average Bonchev–Trinajstić information content (AvgIpc) is 3.04. The molecule has 5 nitrogen and oxygen atoms in total. The van der Waals surface area contributed by atoms with E-state index in [4.69, 9.17) is 4.42 Å². The summed E-state index contributed by atoms with van der Waals surface area (Å²) in [5.74, 6) is 0.663. The Morgan fingerprint density at radius 3 is 2.77 bits per heavy atom. The zero-order valence-electron chi connectivity index (χ0n) is 14.5. The first-order valence-electron chi connectivity index (χ1n) is 8.06. The van der Waals surface area contributed by atoms with E-state index >= 15 is 0 Å². The van der Waals surface area contributed by atoms with Crippen LogP contribution in [0.3, 0.4) is 0 Å². The van der Waals surface area contributed by atoms with Crippen molar-refractivity contribution in [1.82, 2.24) is 10.2 Å². The molecule has 0 unspecified atom stereocenters. The lowest BCUT2D eigenvalue weighted by molar-refractivity contribution is -0.113. The van der Waals surface area contributed by atoms with Gasteiger partial charge in [-0.15, -0.1) is 10.2 Å². The number of carbonyl (C=O) groups excluding carboxylic acids is 1. The van der Waals surface area contributed by atoms with Crippen molar-refractivity contribution in [2.45, 2.75) is 25.5 Å². The third-order valence-electron chi connectivity index (χ3n) is 3.81. The molecule has 1 heterocycles. The SMILES string of the molecule is Cc1ccc(Cc2nnc(SCC(=O)Nc3cccc(I)c3)o2)cc1C. The van der Waals surface area contributed by atoms with E-state index in [1.54, 1.807) is 0 Å². The number of aromatic nitrogens is 2. The first kappa shape index (κ1) is 18.9. The molecule has 134 valence electrons. The van der Waals surface area contributed by atoms with E-state index in [0.29, 0.717) is 17.5 Å². The molecule has 0 saturated heterocycles.